The van der Waals surface area contributed by atoms with Crippen LogP contribution in [0.1, 0.15) is 10.4 Å². The van der Waals surface area contributed by atoms with Crippen LogP contribution in [0.5, 0.6) is 11.5 Å². The van der Waals surface area contributed by atoms with Gasteiger partial charge in [0.25, 0.3) is 6.43 Å². The number of halogens is 4. The zero-order chi connectivity index (χ0) is 12.3. The van der Waals surface area contributed by atoms with E-state index in [0.717, 1.165) is 0 Å². The number of rotatable bonds is 4. The van der Waals surface area contributed by atoms with E-state index in [4.69, 9.17) is 9.47 Å². The molecule has 0 spiro atoms. The molecular weight excluding hydrogens is 350 g/mol. The van der Waals surface area contributed by atoms with E-state index in [9.17, 15) is 8.78 Å². The predicted octanol–water partition coefficient (Wildman–Crippen LogP) is 4.17. The second-order valence-electron chi connectivity index (χ2n) is 2.96. The highest BCUT2D eigenvalue weighted by molar-refractivity contribution is 9.11. The van der Waals surface area contributed by atoms with Gasteiger partial charge >= 0.3 is 0 Å². The molecule has 90 valence electrons. The molecule has 0 amide bonds. The summed E-state index contributed by atoms with van der Waals surface area (Å²) in [5.74, 6) is 0.915. The Kier molecular flexibility index (Phi) is 4.98. The lowest BCUT2D eigenvalue weighted by atomic mass is 10.1. The molecule has 0 heterocycles. The molecule has 0 aliphatic heterocycles. The molecule has 0 N–H and O–H groups in total. The van der Waals surface area contributed by atoms with E-state index < -0.39 is 11.3 Å². The number of hydrogen-bond donors (Lipinski definition) is 0. The van der Waals surface area contributed by atoms with Crippen LogP contribution in [-0.2, 0) is 0 Å². The molecule has 6 heteroatoms. The molecule has 1 atom stereocenters. The molecule has 1 unspecified atom stereocenters. The van der Waals surface area contributed by atoms with Crippen molar-refractivity contribution in [2.75, 3.05) is 14.2 Å². The minimum atomic E-state index is -2.49. The second-order valence-corrected chi connectivity index (χ2v) is 4.81. The zero-order valence-electron chi connectivity index (χ0n) is 8.64. The molecule has 0 saturated carbocycles. The van der Waals surface area contributed by atoms with Gasteiger partial charge in [0.05, 0.1) is 14.2 Å². The minimum absolute atomic E-state index is 0.422. The number of alkyl halides is 3. The number of hydrogen-bond acceptors (Lipinski definition) is 2. The van der Waals surface area contributed by atoms with Crippen LogP contribution in [0.2, 0.25) is 0 Å². The van der Waals surface area contributed by atoms with Crippen LogP contribution >= 0.6 is 31.9 Å². The first-order valence-corrected chi connectivity index (χ1v) is 6.05. The van der Waals surface area contributed by atoms with E-state index in [1.807, 2.05) is 0 Å². The standard InChI is InChI=1S/C10H10Br2F2O2/c1-15-7-3-5(9(12)10(13)14)6(11)4-8(7)16-2/h3-4,9-10H,1-2H3. The zero-order valence-corrected chi connectivity index (χ0v) is 11.8. The minimum Gasteiger partial charge on any atom is -0.493 e. The van der Waals surface area contributed by atoms with E-state index in [-0.39, 0.29) is 0 Å². The van der Waals surface area contributed by atoms with Crippen LogP contribution in [0.25, 0.3) is 0 Å². The molecule has 1 aromatic rings. The normalized spacial score (nSPS) is 12.7. The molecular formula is C10H10Br2F2O2. The lowest BCUT2D eigenvalue weighted by Gasteiger charge is -2.15. The first-order valence-electron chi connectivity index (χ1n) is 4.35. The van der Waals surface area contributed by atoms with E-state index in [1.54, 1.807) is 6.07 Å². The third kappa shape index (κ3) is 2.85. The van der Waals surface area contributed by atoms with Crippen LogP contribution < -0.4 is 9.47 Å². The van der Waals surface area contributed by atoms with E-state index in [0.29, 0.717) is 21.5 Å². The average Bonchev–Trinajstić information content (AvgIpc) is 2.27. The van der Waals surface area contributed by atoms with Gasteiger partial charge in [0.2, 0.25) is 0 Å². The summed E-state index contributed by atoms with van der Waals surface area (Å²) in [4.78, 5) is -1.04. The van der Waals surface area contributed by atoms with Crippen molar-refractivity contribution in [1.29, 1.82) is 0 Å². The molecule has 2 nitrogen and oxygen atoms in total. The SMILES string of the molecule is COc1cc(Br)c(C(Br)C(F)F)cc1OC. The second kappa shape index (κ2) is 5.82. The molecule has 16 heavy (non-hydrogen) atoms. The Morgan fingerprint density at radius 1 is 1.12 bits per heavy atom. The quantitative estimate of drug-likeness (QED) is 0.751. The Hall–Kier alpha value is -0.360. The molecule has 0 aromatic heterocycles. The van der Waals surface area contributed by atoms with Gasteiger partial charge in [0.15, 0.2) is 11.5 Å². The van der Waals surface area contributed by atoms with E-state index >= 15 is 0 Å². The maximum absolute atomic E-state index is 12.6. The van der Waals surface area contributed by atoms with Crippen molar-refractivity contribution in [1.82, 2.24) is 0 Å². The smallest absolute Gasteiger partial charge is 0.255 e. The van der Waals surface area contributed by atoms with Crippen LogP contribution in [0.3, 0.4) is 0 Å². The van der Waals surface area contributed by atoms with Crippen LogP contribution in [0, 0.1) is 0 Å². The number of benzene rings is 1. The van der Waals surface area contributed by atoms with Gasteiger partial charge in [-0.1, -0.05) is 31.9 Å². The first-order chi connectivity index (χ1) is 7.51. The molecule has 0 bridgehead atoms. The van der Waals surface area contributed by atoms with Crippen molar-refractivity contribution in [2.24, 2.45) is 0 Å². The molecule has 0 aliphatic rings. The summed E-state index contributed by atoms with van der Waals surface area (Å²) >= 11 is 6.16. The first kappa shape index (κ1) is 13.7. The molecule has 0 saturated heterocycles. The Balaban J connectivity index is 3.21. The van der Waals surface area contributed by atoms with E-state index in [1.165, 1.54) is 20.3 Å². The summed E-state index contributed by atoms with van der Waals surface area (Å²) in [7, 11) is 2.95. The Morgan fingerprint density at radius 3 is 2.06 bits per heavy atom. The summed E-state index contributed by atoms with van der Waals surface area (Å²) in [5, 5.41) is 0. The van der Waals surface area contributed by atoms with Crippen LogP contribution in [0.4, 0.5) is 8.78 Å². The molecule has 1 rings (SSSR count). The van der Waals surface area contributed by atoms with Gasteiger partial charge in [-0.3, -0.25) is 0 Å². The van der Waals surface area contributed by atoms with Gasteiger partial charge in [-0.05, 0) is 17.7 Å². The maximum atomic E-state index is 12.6. The summed E-state index contributed by atoms with van der Waals surface area (Å²) in [6.45, 7) is 0. The van der Waals surface area contributed by atoms with Gasteiger partial charge in [-0.25, -0.2) is 8.78 Å². The van der Waals surface area contributed by atoms with Gasteiger partial charge in [-0.2, -0.15) is 0 Å². The lowest BCUT2D eigenvalue weighted by Crippen LogP contribution is -2.03. The van der Waals surface area contributed by atoms with Crippen molar-refractivity contribution in [3.63, 3.8) is 0 Å². The number of methoxy groups -OCH3 is 2. The molecule has 0 aliphatic carbocycles. The van der Waals surface area contributed by atoms with Crippen molar-refractivity contribution < 1.29 is 18.3 Å². The van der Waals surface area contributed by atoms with Crippen molar-refractivity contribution >= 4 is 31.9 Å². The maximum Gasteiger partial charge on any atom is 0.255 e. The Morgan fingerprint density at radius 2 is 1.62 bits per heavy atom. The highest BCUT2D eigenvalue weighted by Gasteiger charge is 2.23. The van der Waals surface area contributed by atoms with Crippen LogP contribution in [-0.4, -0.2) is 20.6 Å². The van der Waals surface area contributed by atoms with Gasteiger partial charge < -0.3 is 9.47 Å². The highest BCUT2D eigenvalue weighted by Crippen LogP contribution is 2.40. The fourth-order valence-corrected chi connectivity index (χ4v) is 2.47. The Bertz CT molecular complexity index is 372. The van der Waals surface area contributed by atoms with Gasteiger partial charge in [0.1, 0.15) is 4.83 Å². The molecule has 1 aromatic carbocycles. The summed E-state index contributed by atoms with van der Waals surface area (Å²) in [6.07, 6.45) is -2.49. The average molecular weight is 360 g/mol. The Labute approximate surface area is 109 Å². The topological polar surface area (TPSA) is 18.5 Å². The van der Waals surface area contributed by atoms with Gasteiger partial charge in [0, 0.05) is 4.47 Å². The highest BCUT2D eigenvalue weighted by atomic mass is 79.9. The number of ether oxygens (including phenoxy) is 2. The fraction of sp³-hybridized carbons (Fsp3) is 0.400. The third-order valence-electron chi connectivity index (χ3n) is 2.02. The largest absolute Gasteiger partial charge is 0.493 e. The summed E-state index contributed by atoms with van der Waals surface area (Å²) < 4.78 is 35.8. The van der Waals surface area contributed by atoms with Crippen molar-refractivity contribution in [3.8, 4) is 11.5 Å². The molecule has 0 fully saturated rings. The predicted molar refractivity (Wildman–Crippen MR) is 64.9 cm³/mol. The van der Waals surface area contributed by atoms with E-state index in [2.05, 4.69) is 31.9 Å². The summed E-state index contributed by atoms with van der Waals surface area (Å²) in [6, 6.07) is 3.12. The van der Waals surface area contributed by atoms with Crippen molar-refractivity contribution in [2.45, 2.75) is 11.3 Å². The molecule has 0 radical (unpaired) electrons. The lowest BCUT2D eigenvalue weighted by molar-refractivity contribution is 0.147. The van der Waals surface area contributed by atoms with Crippen molar-refractivity contribution in [3.05, 3.63) is 22.2 Å². The third-order valence-corrected chi connectivity index (χ3v) is 3.60. The van der Waals surface area contributed by atoms with Crippen LogP contribution in [0.15, 0.2) is 16.6 Å². The van der Waals surface area contributed by atoms with Gasteiger partial charge in [-0.15, -0.1) is 0 Å². The monoisotopic (exact) mass is 358 g/mol. The fourth-order valence-electron chi connectivity index (χ4n) is 1.22. The summed E-state index contributed by atoms with van der Waals surface area (Å²) in [5.41, 5.74) is 0.424.